The Hall–Kier alpha value is -2.01. The molecule has 5 nitrogen and oxygen atoms in total. The largest absolute Gasteiger partial charge is 0.428 e. The van der Waals surface area contributed by atoms with Crippen LogP contribution in [0.1, 0.15) is 12.5 Å². The van der Waals surface area contributed by atoms with E-state index in [0.717, 1.165) is 15.7 Å². The van der Waals surface area contributed by atoms with E-state index in [1.807, 2.05) is 24.3 Å². The molecule has 96 valence electrons. The van der Waals surface area contributed by atoms with E-state index < -0.39 is 0 Å². The zero-order valence-electron chi connectivity index (χ0n) is 10.1. The van der Waals surface area contributed by atoms with Crippen LogP contribution in [0.2, 0.25) is 0 Å². The first-order valence-corrected chi connectivity index (χ1v) is 5.78. The number of aliphatic hydroxyl groups is 1. The van der Waals surface area contributed by atoms with E-state index in [0.29, 0.717) is 11.9 Å². The third-order valence-electron chi connectivity index (χ3n) is 2.87. The first-order chi connectivity index (χ1) is 8.61. The third kappa shape index (κ3) is 2.46. The highest BCUT2D eigenvalue weighted by molar-refractivity contribution is 5.83. The third-order valence-corrected chi connectivity index (χ3v) is 2.87. The molecule has 1 heterocycles. The van der Waals surface area contributed by atoms with Crippen molar-refractivity contribution in [3.05, 3.63) is 36.0 Å². The van der Waals surface area contributed by atoms with Crippen LogP contribution < -0.4 is 5.32 Å². The summed E-state index contributed by atoms with van der Waals surface area (Å²) in [5.74, 6) is -0.179. The van der Waals surface area contributed by atoms with Crippen molar-refractivity contribution in [3.63, 3.8) is 0 Å². The van der Waals surface area contributed by atoms with Crippen molar-refractivity contribution in [2.45, 2.75) is 19.4 Å². The van der Waals surface area contributed by atoms with Crippen LogP contribution in [0.25, 0.3) is 10.9 Å². The maximum atomic E-state index is 11.0. The summed E-state index contributed by atoms with van der Waals surface area (Å²) >= 11 is 0. The second-order valence-corrected chi connectivity index (χ2v) is 4.30. The molecule has 0 spiro atoms. The number of carbonyl (C=O) groups is 1. The number of aliphatic hydroxyl groups excluding tert-OH is 1. The zero-order chi connectivity index (χ0) is 13.1. The molecule has 0 aliphatic heterocycles. The molecule has 18 heavy (non-hydrogen) atoms. The molecular weight excluding hydrogens is 232 g/mol. The van der Waals surface area contributed by atoms with Gasteiger partial charge in [0.05, 0.1) is 18.2 Å². The predicted octanol–water partition coefficient (Wildman–Crippen LogP) is 0.918. The van der Waals surface area contributed by atoms with Crippen molar-refractivity contribution in [2.75, 3.05) is 6.61 Å². The number of hydrogen-bond donors (Lipinski definition) is 3. The highest BCUT2D eigenvalue weighted by Gasteiger charge is 2.14. The molecule has 0 aliphatic carbocycles. The molecule has 2 rings (SSSR count). The number of carbonyl (C=O) groups excluding carboxylic acids is 1. The maximum Gasteiger partial charge on any atom is 0.217 e. The highest BCUT2D eigenvalue weighted by atomic mass is 16.5. The second-order valence-electron chi connectivity index (χ2n) is 4.30. The maximum absolute atomic E-state index is 11.0. The van der Waals surface area contributed by atoms with E-state index >= 15 is 0 Å². The standard InChI is InChI=1S/C13H16N2O3/c1-9(17)14-11(8-16)6-10-7-15(18)13-5-3-2-4-12(10)13/h2-5,7,11,16,18H,6,8H2,1H3,(H,14,17)/t11-/m0/s1. The summed E-state index contributed by atoms with van der Waals surface area (Å²) in [5.41, 5.74) is 1.60. The molecule has 0 saturated heterocycles. The zero-order valence-corrected chi connectivity index (χ0v) is 10.1. The number of hydrogen-bond acceptors (Lipinski definition) is 3. The molecule has 1 aromatic carbocycles. The molecule has 1 atom stereocenters. The van der Waals surface area contributed by atoms with Crippen molar-refractivity contribution < 1.29 is 15.1 Å². The van der Waals surface area contributed by atoms with Gasteiger partial charge >= 0.3 is 0 Å². The fourth-order valence-electron chi connectivity index (χ4n) is 2.11. The molecule has 0 bridgehead atoms. The number of aromatic nitrogens is 1. The van der Waals surface area contributed by atoms with Gasteiger partial charge in [0.1, 0.15) is 0 Å². The van der Waals surface area contributed by atoms with Gasteiger partial charge in [-0.05, 0) is 18.1 Å². The van der Waals surface area contributed by atoms with E-state index in [-0.39, 0.29) is 18.6 Å². The quantitative estimate of drug-likeness (QED) is 0.704. The lowest BCUT2D eigenvalue weighted by Gasteiger charge is -2.14. The average Bonchev–Trinajstić information content (AvgIpc) is 2.66. The molecule has 0 fully saturated rings. The molecule has 1 aromatic heterocycles. The van der Waals surface area contributed by atoms with Gasteiger partial charge in [0.2, 0.25) is 5.91 Å². The lowest BCUT2D eigenvalue weighted by Crippen LogP contribution is -2.37. The van der Waals surface area contributed by atoms with E-state index in [9.17, 15) is 15.1 Å². The lowest BCUT2D eigenvalue weighted by atomic mass is 10.1. The number of amides is 1. The smallest absolute Gasteiger partial charge is 0.217 e. The first kappa shape index (κ1) is 12.4. The number of benzene rings is 1. The van der Waals surface area contributed by atoms with Crippen molar-refractivity contribution in [2.24, 2.45) is 0 Å². The van der Waals surface area contributed by atoms with Gasteiger partial charge in [-0.15, -0.1) is 0 Å². The summed E-state index contributed by atoms with van der Waals surface area (Å²) in [6.45, 7) is 1.28. The summed E-state index contributed by atoms with van der Waals surface area (Å²) in [7, 11) is 0. The first-order valence-electron chi connectivity index (χ1n) is 5.78. The van der Waals surface area contributed by atoms with Crippen LogP contribution in [0.5, 0.6) is 0 Å². The molecule has 5 heteroatoms. The van der Waals surface area contributed by atoms with Crippen LogP contribution in [0.4, 0.5) is 0 Å². The minimum atomic E-state index is -0.340. The van der Waals surface area contributed by atoms with Crippen molar-refractivity contribution >= 4 is 16.8 Å². The molecular formula is C13H16N2O3. The summed E-state index contributed by atoms with van der Waals surface area (Å²) in [6, 6.07) is 7.10. The summed E-state index contributed by atoms with van der Waals surface area (Å²) < 4.78 is 1.06. The molecule has 0 radical (unpaired) electrons. The number of fused-ring (bicyclic) bond motifs is 1. The van der Waals surface area contributed by atoms with Gasteiger partial charge in [-0.2, -0.15) is 4.73 Å². The van der Waals surface area contributed by atoms with Gasteiger partial charge in [-0.1, -0.05) is 18.2 Å². The van der Waals surface area contributed by atoms with E-state index in [2.05, 4.69) is 5.32 Å². The van der Waals surface area contributed by atoms with Gasteiger partial charge in [0.25, 0.3) is 0 Å². The Bertz CT molecular complexity index is 562. The second kappa shape index (κ2) is 5.10. The fraction of sp³-hybridized carbons (Fsp3) is 0.308. The molecule has 0 aliphatic rings. The van der Waals surface area contributed by atoms with Crippen LogP contribution in [0.15, 0.2) is 30.5 Å². The van der Waals surface area contributed by atoms with Crippen molar-refractivity contribution in [1.82, 2.24) is 10.0 Å². The lowest BCUT2D eigenvalue weighted by molar-refractivity contribution is -0.119. The molecule has 2 aromatic rings. The Balaban J connectivity index is 2.28. The Kier molecular flexibility index (Phi) is 3.53. The molecule has 3 N–H and O–H groups in total. The predicted molar refractivity (Wildman–Crippen MR) is 67.5 cm³/mol. The highest BCUT2D eigenvalue weighted by Crippen LogP contribution is 2.21. The Morgan fingerprint density at radius 3 is 2.83 bits per heavy atom. The number of nitrogens with one attached hydrogen (secondary N) is 1. The molecule has 0 saturated carbocycles. The van der Waals surface area contributed by atoms with E-state index in [1.165, 1.54) is 6.92 Å². The van der Waals surface area contributed by atoms with Crippen LogP contribution in [-0.2, 0) is 11.2 Å². The van der Waals surface area contributed by atoms with Crippen LogP contribution in [0, 0.1) is 0 Å². The van der Waals surface area contributed by atoms with Crippen molar-refractivity contribution in [3.8, 4) is 0 Å². The summed E-state index contributed by atoms with van der Waals surface area (Å²) in [6.07, 6.45) is 2.08. The fourth-order valence-corrected chi connectivity index (χ4v) is 2.11. The number of nitrogens with zero attached hydrogens (tertiary/aromatic N) is 1. The van der Waals surface area contributed by atoms with Crippen LogP contribution in [0.3, 0.4) is 0 Å². The van der Waals surface area contributed by atoms with Gasteiger partial charge < -0.3 is 15.6 Å². The van der Waals surface area contributed by atoms with E-state index in [4.69, 9.17) is 0 Å². The Morgan fingerprint density at radius 1 is 1.44 bits per heavy atom. The number of rotatable bonds is 4. The van der Waals surface area contributed by atoms with Gasteiger partial charge in [-0.25, -0.2) is 0 Å². The Morgan fingerprint density at radius 2 is 2.17 bits per heavy atom. The normalized spacial score (nSPS) is 12.6. The summed E-state index contributed by atoms with van der Waals surface area (Å²) in [5, 5.41) is 22.5. The van der Waals surface area contributed by atoms with Gasteiger partial charge in [0.15, 0.2) is 0 Å². The van der Waals surface area contributed by atoms with E-state index in [1.54, 1.807) is 6.20 Å². The van der Waals surface area contributed by atoms with Gasteiger partial charge in [-0.3, -0.25) is 4.79 Å². The van der Waals surface area contributed by atoms with Crippen LogP contribution in [-0.4, -0.2) is 33.6 Å². The minimum absolute atomic E-state index is 0.134. The number of para-hydroxylation sites is 1. The molecule has 0 unspecified atom stereocenters. The Labute approximate surface area is 105 Å². The minimum Gasteiger partial charge on any atom is -0.428 e. The van der Waals surface area contributed by atoms with Crippen LogP contribution >= 0.6 is 0 Å². The average molecular weight is 248 g/mol. The van der Waals surface area contributed by atoms with Gasteiger partial charge in [0, 0.05) is 18.5 Å². The molecule has 1 amide bonds. The SMILES string of the molecule is CC(=O)N[C@H](CO)Cc1cn(O)c2ccccc12. The van der Waals surface area contributed by atoms with Crippen molar-refractivity contribution in [1.29, 1.82) is 0 Å². The monoisotopic (exact) mass is 248 g/mol. The summed E-state index contributed by atoms with van der Waals surface area (Å²) in [4.78, 5) is 11.0. The topological polar surface area (TPSA) is 74.5 Å².